The summed E-state index contributed by atoms with van der Waals surface area (Å²) < 4.78 is 24.9. The number of sulfone groups is 1. The van der Waals surface area contributed by atoms with Crippen molar-refractivity contribution in [2.45, 2.75) is 11.8 Å². The minimum absolute atomic E-state index is 0.0249. The molecule has 0 bridgehead atoms. The molecular weight excluding hydrogens is 404 g/mol. The Kier molecular flexibility index (Phi) is 5.17. The Morgan fingerprint density at radius 3 is 2.48 bits per heavy atom. The predicted molar refractivity (Wildman–Crippen MR) is 117 cm³/mol. The number of nitrogens with one attached hydrogen (secondary N) is 1. The second kappa shape index (κ2) is 7.77. The van der Waals surface area contributed by atoms with Crippen LogP contribution < -0.4 is 5.32 Å². The van der Waals surface area contributed by atoms with Gasteiger partial charge in [-0.15, -0.1) is 11.3 Å². The molecule has 1 amide bonds. The van der Waals surface area contributed by atoms with Crippen LogP contribution in [0.2, 0.25) is 0 Å². The topological polar surface area (TPSA) is 76.1 Å². The van der Waals surface area contributed by atoms with E-state index < -0.39 is 9.84 Å². The number of rotatable bonds is 5. The third-order valence-corrected chi connectivity index (χ3v) is 7.35. The third-order valence-electron chi connectivity index (χ3n) is 4.52. The normalized spacial score (nSPS) is 11.5. The molecule has 0 unspecified atom stereocenters. The summed E-state index contributed by atoms with van der Waals surface area (Å²) in [7, 11) is -3.28. The van der Waals surface area contributed by atoms with Crippen molar-refractivity contribution in [3.05, 3.63) is 78.4 Å². The maximum Gasteiger partial charge on any atom is 0.255 e. The van der Waals surface area contributed by atoms with Crippen molar-refractivity contribution in [2.24, 2.45) is 0 Å². The molecule has 0 fully saturated rings. The number of hydrogen-bond donors (Lipinski definition) is 1. The van der Waals surface area contributed by atoms with Gasteiger partial charge in [-0.2, -0.15) is 0 Å². The molecule has 29 heavy (non-hydrogen) atoms. The average Bonchev–Trinajstić information content (AvgIpc) is 3.18. The second-order valence-corrected chi connectivity index (χ2v) is 9.76. The highest BCUT2D eigenvalue weighted by atomic mass is 32.2. The van der Waals surface area contributed by atoms with Crippen LogP contribution in [0.1, 0.15) is 17.3 Å². The maximum absolute atomic E-state index is 12.6. The number of carbonyl (C=O) groups is 1. The molecule has 7 heteroatoms. The van der Waals surface area contributed by atoms with Crippen LogP contribution in [0.15, 0.2) is 77.7 Å². The maximum atomic E-state index is 12.6. The SMILES string of the molecule is CCS(=O)(=O)c1ccc(C(=O)Nc2cccc(-c3nc4ccccc4s3)c2)cc1. The molecule has 0 aliphatic heterocycles. The van der Waals surface area contributed by atoms with Gasteiger partial charge in [-0.05, 0) is 48.5 Å². The first-order valence-electron chi connectivity index (χ1n) is 9.06. The largest absolute Gasteiger partial charge is 0.322 e. The number of amides is 1. The zero-order chi connectivity index (χ0) is 20.4. The van der Waals surface area contributed by atoms with Gasteiger partial charge >= 0.3 is 0 Å². The van der Waals surface area contributed by atoms with Gasteiger partial charge in [0.15, 0.2) is 9.84 Å². The summed E-state index contributed by atoms with van der Waals surface area (Å²) in [6, 6.07) is 21.4. The van der Waals surface area contributed by atoms with E-state index in [1.807, 2.05) is 48.5 Å². The van der Waals surface area contributed by atoms with Crippen LogP contribution in [0, 0.1) is 0 Å². The summed E-state index contributed by atoms with van der Waals surface area (Å²) in [5, 5.41) is 3.75. The van der Waals surface area contributed by atoms with E-state index in [2.05, 4.69) is 10.3 Å². The van der Waals surface area contributed by atoms with Gasteiger partial charge in [0.2, 0.25) is 0 Å². The Morgan fingerprint density at radius 1 is 1.00 bits per heavy atom. The summed E-state index contributed by atoms with van der Waals surface area (Å²) in [4.78, 5) is 17.4. The van der Waals surface area contributed by atoms with Gasteiger partial charge < -0.3 is 5.32 Å². The van der Waals surface area contributed by atoms with Gasteiger partial charge in [0.25, 0.3) is 5.91 Å². The molecule has 3 aromatic carbocycles. The number of anilines is 1. The molecule has 5 nitrogen and oxygen atoms in total. The van der Waals surface area contributed by atoms with E-state index >= 15 is 0 Å². The number of fused-ring (bicyclic) bond motifs is 1. The Morgan fingerprint density at radius 2 is 1.76 bits per heavy atom. The second-order valence-electron chi connectivity index (χ2n) is 6.45. The van der Waals surface area contributed by atoms with Crippen molar-refractivity contribution in [2.75, 3.05) is 11.1 Å². The Labute approximate surface area is 173 Å². The summed E-state index contributed by atoms with van der Waals surface area (Å²) in [6.45, 7) is 1.59. The van der Waals surface area contributed by atoms with Crippen LogP contribution in [-0.2, 0) is 9.84 Å². The summed E-state index contributed by atoms with van der Waals surface area (Å²) in [6.07, 6.45) is 0. The lowest BCUT2D eigenvalue weighted by Crippen LogP contribution is -2.12. The molecule has 0 radical (unpaired) electrons. The van der Waals surface area contributed by atoms with Crippen molar-refractivity contribution >= 4 is 43.0 Å². The van der Waals surface area contributed by atoms with Gasteiger partial charge in [0.05, 0.1) is 20.9 Å². The quantitative estimate of drug-likeness (QED) is 0.491. The highest BCUT2D eigenvalue weighted by molar-refractivity contribution is 7.91. The number of hydrogen-bond acceptors (Lipinski definition) is 5. The van der Waals surface area contributed by atoms with Crippen molar-refractivity contribution in [1.82, 2.24) is 4.98 Å². The lowest BCUT2D eigenvalue weighted by Gasteiger charge is -2.07. The molecule has 4 aromatic rings. The van der Waals surface area contributed by atoms with E-state index in [0.717, 1.165) is 20.8 Å². The van der Waals surface area contributed by atoms with Gasteiger partial charge in [-0.3, -0.25) is 4.79 Å². The zero-order valence-corrected chi connectivity index (χ0v) is 17.3. The first-order valence-corrected chi connectivity index (χ1v) is 11.5. The number of carbonyl (C=O) groups excluding carboxylic acids is 1. The van der Waals surface area contributed by atoms with E-state index in [-0.39, 0.29) is 16.6 Å². The summed E-state index contributed by atoms with van der Waals surface area (Å²) in [5.74, 6) is -0.274. The molecule has 146 valence electrons. The number of aromatic nitrogens is 1. The van der Waals surface area contributed by atoms with Crippen molar-refractivity contribution < 1.29 is 13.2 Å². The minimum Gasteiger partial charge on any atom is -0.322 e. The Hall–Kier alpha value is -3.03. The van der Waals surface area contributed by atoms with Crippen LogP contribution >= 0.6 is 11.3 Å². The van der Waals surface area contributed by atoms with Gasteiger partial charge in [0.1, 0.15) is 5.01 Å². The summed E-state index contributed by atoms with van der Waals surface area (Å²) in [5.41, 5.74) is 2.92. The fraction of sp³-hybridized carbons (Fsp3) is 0.0909. The molecule has 0 saturated carbocycles. The van der Waals surface area contributed by atoms with E-state index in [1.54, 1.807) is 18.3 Å². The Balaban J connectivity index is 1.55. The fourth-order valence-electron chi connectivity index (χ4n) is 2.91. The van der Waals surface area contributed by atoms with E-state index in [0.29, 0.717) is 11.3 Å². The van der Waals surface area contributed by atoms with Crippen molar-refractivity contribution in [3.63, 3.8) is 0 Å². The molecule has 0 saturated heterocycles. The van der Waals surface area contributed by atoms with Crippen molar-refractivity contribution in [3.8, 4) is 10.6 Å². The number of nitrogens with zero attached hydrogens (tertiary/aromatic N) is 1. The summed E-state index contributed by atoms with van der Waals surface area (Å²) >= 11 is 1.60. The van der Waals surface area contributed by atoms with Crippen LogP contribution in [0.5, 0.6) is 0 Å². The number of thiazole rings is 1. The smallest absolute Gasteiger partial charge is 0.255 e. The van der Waals surface area contributed by atoms with E-state index in [1.165, 1.54) is 24.3 Å². The van der Waals surface area contributed by atoms with E-state index in [4.69, 9.17) is 0 Å². The van der Waals surface area contributed by atoms with E-state index in [9.17, 15) is 13.2 Å². The molecule has 4 rings (SSSR count). The van der Waals surface area contributed by atoms with Gasteiger partial charge in [-0.1, -0.05) is 31.2 Å². The molecular formula is C22H18N2O3S2. The molecule has 1 aromatic heterocycles. The first-order chi connectivity index (χ1) is 14.0. The number of benzene rings is 3. The molecule has 0 spiro atoms. The Bertz CT molecular complexity index is 1260. The molecule has 0 aliphatic carbocycles. The van der Waals surface area contributed by atoms with Crippen LogP contribution in [0.3, 0.4) is 0 Å². The van der Waals surface area contributed by atoms with Gasteiger partial charge in [-0.25, -0.2) is 13.4 Å². The van der Waals surface area contributed by atoms with Crippen molar-refractivity contribution in [1.29, 1.82) is 0 Å². The molecule has 0 atom stereocenters. The molecule has 0 aliphatic rings. The lowest BCUT2D eigenvalue weighted by atomic mass is 10.2. The van der Waals surface area contributed by atoms with Crippen LogP contribution in [0.25, 0.3) is 20.8 Å². The average molecular weight is 423 g/mol. The predicted octanol–water partition coefficient (Wildman–Crippen LogP) is 5.01. The molecule has 1 heterocycles. The van der Waals surface area contributed by atoms with Crippen LogP contribution in [0.4, 0.5) is 5.69 Å². The monoisotopic (exact) mass is 422 g/mol. The zero-order valence-electron chi connectivity index (χ0n) is 15.6. The lowest BCUT2D eigenvalue weighted by molar-refractivity contribution is 0.102. The minimum atomic E-state index is -3.28. The molecule has 1 N–H and O–H groups in total. The van der Waals surface area contributed by atoms with Gasteiger partial charge in [0, 0.05) is 16.8 Å². The fourth-order valence-corrected chi connectivity index (χ4v) is 4.76. The third kappa shape index (κ3) is 4.06. The highest BCUT2D eigenvalue weighted by Crippen LogP contribution is 2.31. The number of para-hydroxylation sites is 1. The highest BCUT2D eigenvalue weighted by Gasteiger charge is 2.13. The first kappa shape index (κ1) is 19.3. The standard InChI is InChI=1S/C22H18N2O3S2/c1-2-29(26,27)18-12-10-15(11-13-18)21(25)23-17-7-5-6-16(14-17)22-24-19-8-3-4-9-20(19)28-22/h3-14H,2H2,1H3,(H,23,25). The van der Waals surface area contributed by atoms with Crippen LogP contribution in [-0.4, -0.2) is 25.1 Å².